The summed E-state index contributed by atoms with van der Waals surface area (Å²) in [5, 5.41) is 12.1. The van der Waals surface area contributed by atoms with E-state index in [1.54, 1.807) is 11.3 Å². The van der Waals surface area contributed by atoms with E-state index in [9.17, 15) is 5.11 Å². The Hall–Kier alpha value is -0.910. The molecule has 0 bridgehead atoms. The molecule has 1 N–H and O–H groups in total. The van der Waals surface area contributed by atoms with Crippen molar-refractivity contribution >= 4 is 16.3 Å². The van der Waals surface area contributed by atoms with Gasteiger partial charge >= 0.3 is 0 Å². The molecule has 0 aliphatic carbocycles. The molecule has 3 rings (SSSR count). The van der Waals surface area contributed by atoms with E-state index < -0.39 is 5.60 Å². The van der Waals surface area contributed by atoms with Crippen LogP contribution in [0.5, 0.6) is 0 Å². The van der Waals surface area contributed by atoms with Crippen molar-refractivity contribution in [3.05, 3.63) is 23.5 Å². The van der Waals surface area contributed by atoms with Crippen molar-refractivity contribution in [1.29, 1.82) is 0 Å². The number of fused-ring (bicyclic) bond motifs is 1. The maximum Gasteiger partial charge on any atom is 0.193 e. The number of rotatable bonds is 2. The highest BCUT2D eigenvalue weighted by atomic mass is 32.1. The minimum absolute atomic E-state index is 0.532. The van der Waals surface area contributed by atoms with Gasteiger partial charge in [-0.1, -0.05) is 0 Å². The summed E-state index contributed by atoms with van der Waals surface area (Å²) in [5.41, 5.74) is 0.560. The second-order valence-electron chi connectivity index (χ2n) is 5.14. The Morgan fingerprint density at radius 2 is 2.47 bits per heavy atom. The fourth-order valence-corrected chi connectivity index (χ4v) is 3.26. The molecule has 1 atom stereocenters. The van der Waals surface area contributed by atoms with E-state index in [1.807, 2.05) is 18.5 Å². The normalized spacial score (nSPS) is 26.7. The minimum Gasteiger partial charge on any atom is -0.389 e. The molecule has 0 amide bonds. The average molecular weight is 251 g/mol. The molecule has 0 radical (unpaired) electrons. The zero-order valence-electron chi connectivity index (χ0n) is 9.96. The third kappa shape index (κ3) is 2.36. The van der Waals surface area contributed by atoms with Crippen LogP contribution in [-0.4, -0.2) is 38.1 Å². The number of likely N-dealkylation sites (tertiary alicyclic amines) is 1. The first-order chi connectivity index (χ1) is 8.12. The molecule has 1 aliphatic rings. The third-order valence-corrected chi connectivity index (χ3v) is 4.05. The van der Waals surface area contributed by atoms with Gasteiger partial charge in [0.2, 0.25) is 0 Å². The summed E-state index contributed by atoms with van der Waals surface area (Å²) in [6.07, 6.45) is 6.08. The second-order valence-corrected chi connectivity index (χ2v) is 6.01. The van der Waals surface area contributed by atoms with Gasteiger partial charge in [-0.25, -0.2) is 4.98 Å². The first kappa shape index (κ1) is 11.2. The molecule has 17 heavy (non-hydrogen) atoms. The van der Waals surface area contributed by atoms with Crippen molar-refractivity contribution in [2.24, 2.45) is 0 Å². The highest BCUT2D eigenvalue weighted by Gasteiger charge is 2.28. The molecule has 1 fully saturated rings. The Kier molecular flexibility index (Phi) is 2.69. The van der Waals surface area contributed by atoms with Gasteiger partial charge in [-0.2, -0.15) is 0 Å². The Balaban J connectivity index is 1.72. The maximum absolute atomic E-state index is 10.1. The monoisotopic (exact) mass is 251 g/mol. The predicted octanol–water partition coefficient (Wildman–Crippen LogP) is 1.74. The lowest BCUT2D eigenvalue weighted by molar-refractivity contribution is -0.0184. The fourth-order valence-electron chi connectivity index (χ4n) is 2.54. The van der Waals surface area contributed by atoms with Gasteiger partial charge in [0.1, 0.15) is 0 Å². The summed E-state index contributed by atoms with van der Waals surface area (Å²) >= 11 is 1.65. The lowest BCUT2D eigenvalue weighted by atomic mass is 9.95. The standard InChI is InChI=1S/C12H17N3OS/c1-12(16)3-2-4-14(9-12)7-10-8-15-5-6-17-11(15)13-10/h5-6,8,16H,2-4,7,9H2,1H3. The number of hydrogen-bond acceptors (Lipinski definition) is 4. The van der Waals surface area contributed by atoms with Crippen molar-refractivity contribution < 1.29 is 5.11 Å². The number of thiazole rings is 1. The molecule has 1 unspecified atom stereocenters. The highest BCUT2D eigenvalue weighted by molar-refractivity contribution is 7.15. The molecule has 5 heteroatoms. The van der Waals surface area contributed by atoms with Crippen LogP contribution in [0, 0.1) is 0 Å². The topological polar surface area (TPSA) is 40.8 Å². The Bertz CT molecular complexity index is 488. The van der Waals surface area contributed by atoms with Gasteiger partial charge in [0.15, 0.2) is 4.96 Å². The van der Waals surface area contributed by atoms with Crippen molar-refractivity contribution in [2.45, 2.75) is 31.9 Å². The molecule has 0 spiro atoms. The number of imidazole rings is 1. The SMILES string of the molecule is CC1(O)CCCN(Cc2cn3ccsc3n2)C1. The van der Waals surface area contributed by atoms with Gasteiger partial charge in [-0.15, -0.1) is 11.3 Å². The third-order valence-electron chi connectivity index (χ3n) is 3.28. The maximum atomic E-state index is 10.1. The van der Waals surface area contributed by atoms with Crippen molar-refractivity contribution in [3.8, 4) is 0 Å². The van der Waals surface area contributed by atoms with Gasteiger partial charge in [0.05, 0.1) is 11.3 Å². The summed E-state index contributed by atoms with van der Waals surface area (Å²) < 4.78 is 2.06. The molecule has 3 heterocycles. The van der Waals surface area contributed by atoms with E-state index in [-0.39, 0.29) is 0 Å². The number of nitrogens with zero attached hydrogens (tertiary/aromatic N) is 3. The largest absolute Gasteiger partial charge is 0.389 e. The minimum atomic E-state index is -0.532. The second kappa shape index (κ2) is 4.08. The lowest BCUT2D eigenvalue weighted by Gasteiger charge is -2.36. The van der Waals surface area contributed by atoms with Crippen LogP contribution in [0.3, 0.4) is 0 Å². The van der Waals surface area contributed by atoms with Crippen LogP contribution in [0.2, 0.25) is 0 Å². The summed E-state index contributed by atoms with van der Waals surface area (Å²) in [5.74, 6) is 0. The Labute approximate surface area is 105 Å². The van der Waals surface area contributed by atoms with Crippen LogP contribution in [-0.2, 0) is 6.54 Å². The van der Waals surface area contributed by atoms with Crippen molar-refractivity contribution in [2.75, 3.05) is 13.1 Å². The van der Waals surface area contributed by atoms with Crippen LogP contribution in [0.15, 0.2) is 17.8 Å². The van der Waals surface area contributed by atoms with Crippen LogP contribution in [0.25, 0.3) is 4.96 Å². The summed E-state index contributed by atoms with van der Waals surface area (Å²) in [6, 6.07) is 0. The number of hydrogen-bond donors (Lipinski definition) is 1. The molecule has 1 saturated heterocycles. The van der Waals surface area contributed by atoms with Gasteiger partial charge in [0.25, 0.3) is 0 Å². The van der Waals surface area contributed by atoms with Gasteiger partial charge in [-0.3, -0.25) is 9.30 Å². The molecule has 0 saturated carbocycles. The van der Waals surface area contributed by atoms with Gasteiger partial charge in [-0.05, 0) is 26.3 Å². The molecule has 2 aromatic rings. The molecule has 1 aliphatic heterocycles. The molecular weight excluding hydrogens is 234 g/mol. The number of aromatic nitrogens is 2. The van der Waals surface area contributed by atoms with Crippen LogP contribution in [0.1, 0.15) is 25.5 Å². The number of β-amino-alcohol motifs (C(OH)–C–C–N with tert-alkyl or cyclic N) is 1. The van der Waals surface area contributed by atoms with Crippen LogP contribution < -0.4 is 0 Å². The zero-order chi connectivity index (χ0) is 11.9. The van der Waals surface area contributed by atoms with E-state index in [1.165, 1.54) is 0 Å². The van der Waals surface area contributed by atoms with Gasteiger partial charge in [0, 0.05) is 30.9 Å². The van der Waals surface area contributed by atoms with E-state index in [2.05, 4.69) is 20.5 Å². The molecule has 0 aromatic carbocycles. The first-order valence-electron chi connectivity index (χ1n) is 5.98. The quantitative estimate of drug-likeness (QED) is 0.884. The average Bonchev–Trinajstić information content (AvgIpc) is 2.75. The Morgan fingerprint density at radius 3 is 3.24 bits per heavy atom. The van der Waals surface area contributed by atoms with Gasteiger partial charge < -0.3 is 5.11 Å². The summed E-state index contributed by atoms with van der Waals surface area (Å²) in [6.45, 7) is 4.56. The first-order valence-corrected chi connectivity index (χ1v) is 6.86. The summed E-state index contributed by atoms with van der Waals surface area (Å²) in [7, 11) is 0. The Morgan fingerprint density at radius 1 is 1.59 bits per heavy atom. The molecule has 92 valence electrons. The van der Waals surface area contributed by atoms with Crippen molar-refractivity contribution in [1.82, 2.24) is 14.3 Å². The smallest absolute Gasteiger partial charge is 0.193 e. The summed E-state index contributed by atoms with van der Waals surface area (Å²) in [4.78, 5) is 7.91. The van der Waals surface area contributed by atoms with Crippen LogP contribution >= 0.6 is 11.3 Å². The molecule has 4 nitrogen and oxygen atoms in total. The lowest BCUT2D eigenvalue weighted by Crippen LogP contribution is -2.45. The predicted molar refractivity (Wildman–Crippen MR) is 68.2 cm³/mol. The van der Waals surface area contributed by atoms with Crippen LogP contribution in [0.4, 0.5) is 0 Å². The van der Waals surface area contributed by atoms with E-state index >= 15 is 0 Å². The molecular formula is C12H17N3OS. The number of aliphatic hydroxyl groups is 1. The molecule has 2 aromatic heterocycles. The van der Waals surface area contributed by atoms with Crippen molar-refractivity contribution in [3.63, 3.8) is 0 Å². The highest BCUT2D eigenvalue weighted by Crippen LogP contribution is 2.22. The van der Waals surface area contributed by atoms with E-state index in [4.69, 9.17) is 0 Å². The zero-order valence-corrected chi connectivity index (χ0v) is 10.8. The van der Waals surface area contributed by atoms with E-state index in [0.717, 1.165) is 43.1 Å². The fraction of sp³-hybridized carbons (Fsp3) is 0.583. The number of piperidine rings is 1. The van der Waals surface area contributed by atoms with E-state index in [0.29, 0.717) is 0 Å².